The third-order valence-electron chi connectivity index (χ3n) is 3.08. The number of rotatable bonds is 7. The van der Waals surface area contributed by atoms with Gasteiger partial charge >= 0.3 is 5.97 Å². The first-order valence-corrected chi connectivity index (χ1v) is 8.15. The van der Waals surface area contributed by atoms with Crippen LogP contribution in [0.15, 0.2) is 24.3 Å². The summed E-state index contributed by atoms with van der Waals surface area (Å²) in [5, 5.41) is 18.6. The topological polar surface area (TPSA) is 138 Å². The molecule has 0 aliphatic rings. The number of aliphatic hydroxyl groups excluding tert-OH is 1. The number of carbonyl (C=O) groups excluding carboxylic acids is 1. The highest BCUT2D eigenvalue weighted by Gasteiger charge is 2.31. The second-order valence-corrected chi connectivity index (χ2v) is 7.21. The van der Waals surface area contributed by atoms with Crippen LogP contribution < -0.4 is 5.73 Å². The Morgan fingerprint density at radius 3 is 2.24 bits per heavy atom. The van der Waals surface area contributed by atoms with E-state index in [4.69, 9.17) is 10.8 Å². The van der Waals surface area contributed by atoms with Gasteiger partial charge in [0.2, 0.25) is 7.37 Å². The molecule has 0 aromatic heterocycles. The summed E-state index contributed by atoms with van der Waals surface area (Å²) in [5.41, 5.74) is 5.88. The summed E-state index contributed by atoms with van der Waals surface area (Å²) in [4.78, 5) is 31.5. The van der Waals surface area contributed by atoms with Gasteiger partial charge in [-0.3, -0.25) is 14.2 Å². The standard InChI is InChI=1S/C13H18NO6P/c1-8(15)9-2-4-10(5-3-9)13(18)21(19,20)7-6-11(14)12(16)17/h2-5,11,13,18H,6-7,14H2,1H3,(H,16,17)(H,19,20)/t11-,13?/m0/s1. The SMILES string of the molecule is CC(=O)c1ccc(C(O)P(=O)(O)CC[C@H](N)C(=O)O)cc1. The van der Waals surface area contributed by atoms with Crippen molar-refractivity contribution in [2.24, 2.45) is 5.73 Å². The lowest BCUT2D eigenvalue weighted by Crippen LogP contribution is -2.31. The van der Waals surface area contributed by atoms with Crippen LogP contribution in [0.2, 0.25) is 0 Å². The van der Waals surface area contributed by atoms with Gasteiger partial charge in [0, 0.05) is 11.7 Å². The van der Waals surface area contributed by atoms with Crippen molar-refractivity contribution in [3.8, 4) is 0 Å². The van der Waals surface area contributed by atoms with E-state index in [-0.39, 0.29) is 17.8 Å². The first-order valence-electron chi connectivity index (χ1n) is 6.24. The van der Waals surface area contributed by atoms with E-state index in [1.165, 1.54) is 31.2 Å². The van der Waals surface area contributed by atoms with Crippen LogP contribution in [0.25, 0.3) is 0 Å². The number of carboxylic acids is 1. The van der Waals surface area contributed by atoms with Gasteiger partial charge in [0.15, 0.2) is 11.6 Å². The van der Waals surface area contributed by atoms with Crippen molar-refractivity contribution < 1.29 is 29.3 Å². The predicted octanol–water partition coefficient (Wildman–Crippen LogP) is 0.952. The second-order valence-electron chi connectivity index (χ2n) is 4.76. The number of hydrogen-bond donors (Lipinski definition) is 4. The zero-order valence-corrected chi connectivity index (χ0v) is 12.4. The van der Waals surface area contributed by atoms with E-state index in [0.717, 1.165) is 0 Å². The maximum atomic E-state index is 12.1. The Morgan fingerprint density at radius 2 is 1.81 bits per heavy atom. The summed E-state index contributed by atoms with van der Waals surface area (Å²) >= 11 is 0. The van der Waals surface area contributed by atoms with Crippen LogP contribution in [0.3, 0.4) is 0 Å². The van der Waals surface area contributed by atoms with Crippen molar-refractivity contribution in [2.75, 3.05) is 6.16 Å². The summed E-state index contributed by atoms with van der Waals surface area (Å²) in [6, 6.07) is 4.43. The molecule has 3 atom stereocenters. The summed E-state index contributed by atoms with van der Waals surface area (Å²) < 4.78 is 12.1. The van der Waals surface area contributed by atoms with Crippen molar-refractivity contribution >= 4 is 19.1 Å². The number of aliphatic carboxylic acids is 1. The van der Waals surface area contributed by atoms with Crippen LogP contribution in [0.4, 0.5) is 0 Å². The molecular formula is C13H18NO6P. The fourth-order valence-electron chi connectivity index (χ4n) is 1.69. The number of aliphatic hydroxyl groups is 1. The Labute approximate surface area is 121 Å². The molecule has 116 valence electrons. The molecule has 0 saturated heterocycles. The molecule has 0 heterocycles. The Bertz CT molecular complexity index is 571. The van der Waals surface area contributed by atoms with E-state index in [9.17, 15) is 24.2 Å². The number of nitrogens with two attached hydrogens (primary N) is 1. The van der Waals surface area contributed by atoms with E-state index >= 15 is 0 Å². The van der Waals surface area contributed by atoms with Gasteiger partial charge in [0.05, 0.1) is 0 Å². The molecular weight excluding hydrogens is 297 g/mol. The zero-order chi connectivity index (χ0) is 16.2. The van der Waals surface area contributed by atoms with Gasteiger partial charge in [-0.15, -0.1) is 0 Å². The molecule has 7 nitrogen and oxygen atoms in total. The quantitative estimate of drug-likeness (QED) is 0.434. The fourth-order valence-corrected chi connectivity index (χ4v) is 3.22. The molecule has 0 amide bonds. The lowest BCUT2D eigenvalue weighted by molar-refractivity contribution is -0.138. The molecule has 0 aliphatic heterocycles. The molecule has 0 spiro atoms. The van der Waals surface area contributed by atoms with Gasteiger partial charge in [-0.2, -0.15) is 0 Å². The molecule has 1 aromatic rings. The third kappa shape index (κ3) is 4.75. The molecule has 8 heteroatoms. The average molecular weight is 315 g/mol. The number of carbonyl (C=O) groups is 2. The number of benzene rings is 1. The highest BCUT2D eigenvalue weighted by Crippen LogP contribution is 2.54. The highest BCUT2D eigenvalue weighted by atomic mass is 31.2. The van der Waals surface area contributed by atoms with Crippen LogP contribution in [-0.2, 0) is 9.36 Å². The number of carboxylic acid groups (broad SMARTS) is 1. The number of hydrogen-bond acceptors (Lipinski definition) is 5. The first kappa shape index (κ1) is 17.5. The van der Waals surface area contributed by atoms with Crippen molar-refractivity contribution in [3.05, 3.63) is 35.4 Å². The summed E-state index contributed by atoms with van der Waals surface area (Å²) in [6.07, 6.45) is -0.623. The van der Waals surface area contributed by atoms with E-state index < -0.39 is 31.4 Å². The number of Topliss-reactive ketones (excluding diaryl/α,β-unsaturated/α-hetero) is 1. The van der Waals surface area contributed by atoms with E-state index in [1.54, 1.807) is 0 Å². The Morgan fingerprint density at radius 1 is 1.29 bits per heavy atom. The van der Waals surface area contributed by atoms with Gasteiger partial charge in [-0.05, 0) is 18.9 Å². The Hall–Kier alpha value is -1.53. The minimum Gasteiger partial charge on any atom is -0.480 e. The lowest BCUT2D eigenvalue weighted by Gasteiger charge is -2.19. The van der Waals surface area contributed by atoms with Crippen molar-refractivity contribution in [1.29, 1.82) is 0 Å². The van der Waals surface area contributed by atoms with Crippen LogP contribution in [0.1, 0.15) is 35.1 Å². The molecule has 0 bridgehead atoms. The Balaban J connectivity index is 2.80. The molecule has 1 aromatic carbocycles. The minimum absolute atomic E-state index is 0.157. The van der Waals surface area contributed by atoms with Crippen LogP contribution in [0, 0.1) is 0 Å². The van der Waals surface area contributed by atoms with Gasteiger partial charge in [-0.1, -0.05) is 24.3 Å². The summed E-state index contributed by atoms with van der Waals surface area (Å²) in [5.74, 6) is -3.06. The zero-order valence-electron chi connectivity index (χ0n) is 11.5. The van der Waals surface area contributed by atoms with Gasteiger partial charge in [0.1, 0.15) is 6.04 Å². The second kappa shape index (κ2) is 6.95. The molecule has 0 radical (unpaired) electrons. The molecule has 0 saturated carbocycles. The lowest BCUT2D eigenvalue weighted by atomic mass is 10.1. The first-order chi connectivity index (χ1) is 9.65. The maximum Gasteiger partial charge on any atom is 0.320 e. The Kier molecular flexibility index (Phi) is 5.80. The molecule has 0 aliphatic carbocycles. The molecule has 21 heavy (non-hydrogen) atoms. The summed E-state index contributed by atoms with van der Waals surface area (Å²) in [6.45, 7) is 1.38. The number of ketones is 1. The minimum atomic E-state index is -4.01. The highest BCUT2D eigenvalue weighted by molar-refractivity contribution is 7.58. The maximum absolute atomic E-state index is 12.1. The monoisotopic (exact) mass is 315 g/mol. The predicted molar refractivity (Wildman–Crippen MR) is 76.3 cm³/mol. The fraction of sp³-hybridized carbons (Fsp3) is 0.385. The smallest absolute Gasteiger partial charge is 0.320 e. The largest absolute Gasteiger partial charge is 0.480 e. The molecule has 5 N–H and O–H groups in total. The van der Waals surface area contributed by atoms with E-state index in [0.29, 0.717) is 5.56 Å². The van der Waals surface area contributed by atoms with Crippen molar-refractivity contribution in [3.63, 3.8) is 0 Å². The van der Waals surface area contributed by atoms with E-state index in [2.05, 4.69) is 0 Å². The normalized spacial score (nSPS) is 16.8. The van der Waals surface area contributed by atoms with Crippen molar-refractivity contribution in [1.82, 2.24) is 0 Å². The third-order valence-corrected chi connectivity index (χ3v) is 5.04. The van der Waals surface area contributed by atoms with Crippen molar-refractivity contribution in [2.45, 2.75) is 25.2 Å². The van der Waals surface area contributed by atoms with E-state index in [1.807, 2.05) is 0 Å². The molecule has 2 unspecified atom stereocenters. The van der Waals surface area contributed by atoms with Gasteiger partial charge in [0.25, 0.3) is 0 Å². The summed E-state index contributed by atoms with van der Waals surface area (Å²) in [7, 11) is -4.01. The van der Waals surface area contributed by atoms with Gasteiger partial charge < -0.3 is 20.8 Å². The van der Waals surface area contributed by atoms with Crippen LogP contribution in [-0.4, -0.2) is 39.1 Å². The van der Waals surface area contributed by atoms with Crippen LogP contribution >= 0.6 is 7.37 Å². The van der Waals surface area contributed by atoms with Gasteiger partial charge in [-0.25, -0.2) is 0 Å². The van der Waals surface area contributed by atoms with Crippen LogP contribution in [0.5, 0.6) is 0 Å². The molecule has 1 rings (SSSR count). The molecule has 0 fully saturated rings. The average Bonchev–Trinajstić information content (AvgIpc) is 2.43.